The molecule has 1 aromatic heterocycles. The van der Waals surface area contributed by atoms with Crippen LogP contribution in [0.1, 0.15) is 22.5 Å². The molecular weight excluding hydrogens is 296 g/mol. The van der Waals surface area contributed by atoms with Gasteiger partial charge in [0, 0.05) is 18.7 Å². The number of aryl methyl sites for hydroxylation is 1. The minimum absolute atomic E-state index is 0.0258. The molecule has 0 saturated heterocycles. The number of carbonyl (C=O) groups is 2. The third-order valence-corrected chi connectivity index (χ3v) is 3.14. The average molecular weight is 316 g/mol. The number of amides is 2. The molecule has 1 heterocycles. The zero-order valence-corrected chi connectivity index (χ0v) is 13.0. The van der Waals surface area contributed by atoms with E-state index in [9.17, 15) is 9.59 Å². The molecule has 0 radical (unpaired) electrons. The van der Waals surface area contributed by atoms with Crippen LogP contribution in [-0.4, -0.2) is 31.5 Å². The summed E-state index contributed by atoms with van der Waals surface area (Å²) < 4.78 is 10.4. The number of ether oxygens (including phenoxy) is 1. The summed E-state index contributed by atoms with van der Waals surface area (Å²) in [6.07, 6.45) is 2.11. The van der Waals surface area contributed by atoms with Crippen LogP contribution in [0.5, 0.6) is 5.75 Å². The predicted octanol–water partition coefficient (Wildman–Crippen LogP) is 1.90. The number of furan rings is 1. The lowest BCUT2D eigenvalue weighted by Gasteiger charge is -2.08. The second-order valence-corrected chi connectivity index (χ2v) is 4.99. The molecule has 1 aromatic carbocycles. The summed E-state index contributed by atoms with van der Waals surface area (Å²) >= 11 is 0. The minimum Gasteiger partial charge on any atom is -0.484 e. The number of hydrogen-bond donors (Lipinski definition) is 2. The molecule has 0 aliphatic rings. The van der Waals surface area contributed by atoms with Gasteiger partial charge in [0.25, 0.3) is 11.8 Å². The van der Waals surface area contributed by atoms with Crippen LogP contribution in [0.3, 0.4) is 0 Å². The van der Waals surface area contributed by atoms with Crippen LogP contribution in [0.15, 0.2) is 47.1 Å². The standard InChI is InChI=1S/C17H20N2O4/c1-13-8-11-22-16(13)17(21)19-10-5-9-18-15(20)12-23-14-6-3-2-4-7-14/h2-4,6-8,11H,5,9-10,12H2,1H3,(H,18,20)(H,19,21). The van der Waals surface area contributed by atoms with Crippen molar-refractivity contribution < 1.29 is 18.7 Å². The van der Waals surface area contributed by atoms with Gasteiger partial charge in [0.05, 0.1) is 6.26 Å². The molecule has 2 aromatic rings. The summed E-state index contributed by atoms with van der Waals surface area (Å²) in [7, 11) is 0. The molecule has 2 amide bonds. The van der Waals surface area contributed by atoms with Crippen molar-refractivity contribution in [3.8, 4) is 5.75 Å². The van der Waals surface area contributed by atoms with Crippen LogP contribution >= 0.6 is 0 Å². The predicted molar refractivity (Wildman–Crippen MR) is 85.3 cm³/mol. The Balaban J connectivity index is 1.56. The summed E-state index contributed by atoms with van der Waals surface area (Å²) in [6, 6.07) is 10.9. The van der Waals surface area contributed by atoms with Gasteiger partial charge >= 0.3 is 0 Å². The molecule has 0 saturated carbocycles. The number of para-hydroxylation sites is 1. The van der Waals surface area contributed by atoms with E-state index in [4.69, 9.17) is 9.15 Å². The Hall–Kier alpha value is -2.76. The first kappa shape index (κ1) is 16.6. The number of carbonyl (C=O) groups excluding carboxylic acids is 2. The maximum atomic E-state index is 11.8. The highest BCUT2D eigenvalue weighted by Crippen LogP contribution is 2.08. The fourth-order valence-corrected chi connectivity index (χ4v) is 1.92. The summed E-state index contributed by atoms with van der Waals surface area (Å²) in [5.41, 5.74) is 0.800. The van der Waals surface area contributed by atoms with E-state index in [0.29, 0.717) is 31.0 Å². The lowest BCUT2D eigenvalue weighted by atomic mass is 10.2. The molecule has 6 heteroatoms. The third kappa shape index (κ3) is 5.50. The van der Waals surface area contributed by atoms with Gasteiger partial charge in [-0.05, 0) is 31.5 Å². The van der Waals surface area contributed by atoms with E-state index in [1.807, 2.05) is 25.1 Å². The smallest absolute Gasteiger partial charge is 0.287 e. The quantitative estimate of drug-likeness (QED) is 0.729. The molecule has 0 atom stereocenters. The largest absolute Gasteiger partial charge is 0.484 e. The molecule has 0 spiro atoms. The van der Waals surface area contributed by atoms with Crippen molar-refractivity contribution in [2.45, 2.75) is 13.3 Å². The highest BCUT2D eigenvalue weighted by atomic mass is 16.5. The molecule has 0 fully saturated rings. The molecule has 0 aliphatic carbocycles. The summed E-state index contributed by atoms with van der Waals surface area (Å²) in [5.74, 6) is 0.544. The molecule has 2 rings (SSSR count). The van der Waals surface area contributed by atoms with Gasteiger partial charge in [-0.2, -0.15) is 0 Å². The van der Waals surface area contributed by atoms with Crippen molar-refractivity contribution in [3.05, 3.63) is 54.0 Å². The van der Waals surface area contributed by atoms with Crippen LogP contribution in [0.4, 0.5) is 0 Å². The van der Waals surface area contributed by atoms with Gasteiger partial charge in [-0.1, -0.05) is 18.2 Å². The summed E-state index contributed by atoms with van der Waals surface area (Å²) in [6.45, 7) is 2.71. The first-order valence-corrected chi connectivity index (χ1v) is 7.43. The normalized spacial score (nSPS) is 10.1. The topological polar surface area (TPSA) is 80.6 Å². The maximum Gasteiger partial charge on any atom is 0.287 e. The van der Waals surface area contributed by atoms with Gasteiger partial charge in [0.1, 0.15) is 5.75 Å². The van der Waals surface area contributed by atoms with E-state index in [1.165, 1.54) is 6.26 Å². The monoisotopic (exact) mass is 316 g/mol. The van der Waals surface area contributed by atoms with Crippen molar-refractivity contribution >= 4 is 11.8 Å². The van der Waals surface area contributed by atoms with Crippen molar-refractivity contribution in [2.24, 2.45) is 0 Å². The number of rotatable bonds is 8. The number of benzene rings is 1. The zero-order chi connectivity index (χ0) is 16.5. The Morgan fingerprint density at radius 3 is 2.52 bits per heavy atom. The molecule has 0 bridgehead atoms. The Bertz CT molecular complexity index is 637. The Morgan fingerprint density at radius 1 is 1.09 bits per heavy atom. The van der Waals surface area contributed by atoms with Gasteiger partial charge in [0.2, 0.25) is 0 Å². The lowest BCUT2D eigenvalue weighted by Crippen LogP contribution is -2.32. The highest BCUT2D eigenvalue weighted by molar-refractivity contribution is 5.92. The fraction of sp³-hybridized carbons (Fsp3) is 0.294. The number of hydrogen-bond acceptors (Lipinski definition) is 4. The van der Waals surface area contributed by atoms with Crippen molar-refractivity contribution in [3.63, 3.8) is 0 Å². The highest BCUT2D eigenvalue weighted by Gasteiger charge is 2.11. The summed E-state index contributed by atoms with van der Waals surface area (Å²) in [4.78, 5) is 23.4. The van der Waals surface area contributed by atoms with E-state index in [1.54, 1.807) is 18.2 Å². The Morgan fingerprint density at radius 2 is 1.83 bits per heavy atom. The van der Waals surface area contributed by atoms with Gasteiger partial charge in [-0.15, -0.1) is 0 Å². The Labute approximate surface area is 134 Å². The second-order valence-electron chi connectivity index (χ2n) is 4.99. The molecule has 0 unspecified atom stereocenters. The van der Waals surface area contributed by atoms with Crippen LogP contribution in [0, 0.1) is 6.92 Å². The van der Waals surface area contributed by atoms with E-state index in [2.05, 4.69) is 10.6 Å². The first-order valence-electron chi connectivity index (χ1n) is 7.43. The third-order valence-electron chi connectivity index (χ3n) is 3.14. The van der Waals surface area contributed by atoms with Gasteiger partial charge < -0.3 is 19.8 Å². The van der Waals surface area contributed by atoms with Crippen LogP contribution in [-0.2, 0) is 4.79 Å². The minimum atomic E-state index is -0.244. The fourth-order valence-electron chi connectivity index (χ4n) is 1.92. The molecular formula is C17H20N2O4. The Kier molecular flexibility index (Phi) is 6.23. The van der Waals surface area contributed by atoms with Crippen molar-refractivity contribution in [1.29, 1.82) is 0 Å². The molecule has 0 aliphatic heterocycles. The van der Waals surface area contributed by atoms with Gasteiger partial charge in [-0.25, -0.2) is 0 Å². The van der Waals surface area contributed by atoms with E-state index in [-0.39, 0.29) is 18.4 Å². The lowest BCUT2D eigenvalue weighted by molar-refractivity contribution is -0.123. The van der Waals surface area contributed by atoms with Crippen LogP contribution in [0.2, 0.25) is 0 Å². The van der Waals surface area contributed by atoms with E-state index in [0.717, 1.165) is 5.56 Å². The molecule has 6 nitrogen and oxygen atoms in total. The van der Waals surface area contributed by atoms with Crippen molar-refractivity contribution in [2.75, 3.05) is 19.7 Å². The SMILES string of the molecule is Cc1ccoc1C(=O)NCCCNC(=O)COc1ccccc1. The van der Waals surface area contributed by atoms with Crippen molar-refractivity contribution in [1.82, 2.24) is 10.6 Å². The second kappa shape index (κ2) is 8.63. The average Bonchev–Trinajstić information content (AvgIpc) is 2.99. The van der Waals surface area contributed by atoms with Gasteiger partial charge in [0.15, 0.2) is 12.4 Å². The van der Waals surface area contributed by atoms with E-state index >= 15 is 0 Å². The maximum absolute atomic E-state index is 11.8. The van der Waals surface area contributed by atoms with Crippen LogP contribution < -0.4 is 15.4 Å². The van der Waals surface area contributed by atoms with Gasteiger partial charge in [-0.3, -0.25) is 9.59 Å². The molecule has 23 heavy (non-hydrogen) atoms. The molecule has 122 valence electrons. The molecule has 2 N–H and O–H groups in total. The summed E-state index contributed by atoms with van der Waals surface area (Å²) in [5, 5.41) is 5.48. The number of nitrogens with one attached hydrogen (secondary N) is 2. The first-order chi connectivity index (χ1) is 11.2. The zero-order valence-electron chi connectivity index (χ0n) is 13.0. The van der Waals surface area contributed by atoms with Crippen LogP contribution in [0.25, 0.3) is 0 Å². The van der Waals surface area contributed by atoms with E-state index < -0.39 is 0 Å².